The molecule has 0 aromatic heterocycles. The monoisotopic (exact) mass is 334 g/mol. The van der Waals surface area contributed by atoms with E-state index in [1.165, 1.54) is 0 Å². The van der Waals surface area contributed by atoms with Gasteiger partial charge >= 0.3 is 28.7 Å². The third kappa shape index (κ3) is 23.2. The minimum atomic E-state index is -3.95. The topological polar surface area (TPSA) is 66.8 Å². The maximum Gasteiger partial charge on any atom is 2.00 e. The van der Waals surface area contributed by atoms with E-state index < -0.39 is 13.9 Å². The Morgan fingerprint density at radius 3 is 1.80 bits per heavy atom. The van der Waals surface area contributed by atoms with Crippen molar-refractivity contribution in [1.29, 1.82) is 0 Å². The zero-order valence-electron chi connectivity index (χ0n) is 5.27. The van der Waals surface area contributed by atoms with Crippen molar-refractivity contribution in [2.45, 2.75) is 0 Å². The third-order valence-electron chi connectivity index (χ3n) is 0.259. The van der Waals surface area contributed by atoms with Crippen molar-refractivity contribution in [3.8, 4) is 0 Å². The van der Waals surface area contributed by atoms with E-state index in [0.29, 0.717) is 0 Å². The molecule has 4 nitrogen and oxygen atoms in total. The van der Waals surface area contributed by atoms with Crippen molar-refractivity contribution < 1.29 is 40.2 Å². The van der Waals surface area contributed by atoms with Crippen LogP contribution in [0.2, 0.25) is 0 Å². The van der Waals surface area contributed by atoms with Crippen LogP contribution in [0.5, 0.6) is 0 Å². The van der Waals surface area contributed by atoms with Gasteiger partial charge in [0.15, 0.2) is 0 Å². The van der Waals surface area contributed by atoms with Crippen LogP contribution in [-0.2, 0) is 30.4 Å². The Hall–Kier alpha value is 0.863. The molecule has 0 amide bonds. The van der Waals surface area contributed by atoms with E-state index in [9.17, 15) is 4.57 Å². The van der Waals surface area contributed by atoms with Crippen molar-refractivity contribution in [2.24, 2.45) is 0 Å². The first-order valence-corrected chi connectivity index (χ1v) is 3.68. The van der Waals surface area contributed by atoms with Gasteiger partial charge in [0, 0.05) is 0 Å². The number of hydrogen-bond donors (Lipinski definition) is 2. The summed E-state index contributed by atoms with van der Waals surface area (Å²) in [5, 5.41) is 0. The van der Waals surface area contributed by atoms with Crippen LogP contribution in [0.1, 0.15) is 0 Å². The van der Waals surface area contributed by atoms with E-state index in [1.807, 2.05) is 0 Å². The van der Waals surface area contributed by atoms with Gasteiger partial charge in [0.1, 0.15) is 6.35 Å². The Labute approximate surface area is 76.2 Å². The van der Waals surface area contributed by atoms with E-state index in [4.69, 9.17) is 9.79 Å². The molecule has 0 saturated carbocycles. The second-order valence-corrected chi connectivity index (χ2v) is 2.59. The standard InChI is InChI=1S/C2H6O4P.CH2B.W/c1-6-2-7(3,4)5;1-2;/h1-2H2,(H2,3,4,5);1H2;/q2*-1;+2. The molecule has 10 heavy (non-hydrogen) atoms. The summed E-state index contributed by atoms with van der Waals surface area (Å²) in [5.41, 5.74) is 0. The van der Waals surface area contributed by atoms with Gasteiger partial charge in [-0.3, -0.25) is 4.57 Å². The zero-order valence-corrected chi connectivity index (χ0v) is 9.09. The van der Waals surface area contributed by atoms with Crippen molar-refractivity contribution in [3.63, 3.8) is 0 Å². The van der Waals surface area contributed by atoms with Crippen LogP contribution in [0, 0.1) is 13.9 Å². The number of hydrogen-bond acceptors (Lipinski definition) is 2. The average molecular weight is 334 g/mol. The fourth-order valence-electron chi connectivity index (χ4n) is 0.119. The van der Waals surface area contributed by atoms with Crippen LogP contribution in [0.4, 0.5) is 0 Å². The molecule has 0 unspecified atom stereocenters. The van der Waals surface area contributed by atoms with Crippen LogP contribution < -0.4 is 0 Å². The van der Waals surface area contributed by atoms with E-state index in [0.717, 1.165) is 0 Å². The summed E-state index contributed by atoms with van der Waals surface area (Å²) in [6, 6.07) is 0. The molecule has 2 N–H and O–H groups in total. The maximum absolute atomic E-state index is 9.76. The summed E-state index contributed by atoms with van der Waals surface area (Å²) in [7, 11) is 3.08. The molecule has 0 aromatic rings. The molecule has 0 spiro atoms. The first-order valence-electron chi connectivity index (χ1n) is 1.88. The molecule has 0 aliphatic carbocycles. The van der Waals surface area contributed by atoms with Crippen molar-refractivity contribution in [2.75, 3.05) is 6.35 Å². The van der Waals surface area contributed by atoms with Gasteiger partial charge in [0.25, 0.3) is 0 Å². The van der Waals surface area contributed by atoms with Crippen molar-refractivity contribution >= 4 is 15.4 Å². The summed E-state index contributed by atoms with van der Waals surface area (Å²) in [5.74, 6) is 0. The minimum absolute atomic E-state index is 0. The molecular weight excluding hydrogens is 326 g/mol. The quantitative estimate of drug-likeness (QED) is 0.420. The molecule has 58 valence electrons. The Balaban J connectivity index is -0.000000149. The summed E-state index contributed by atoms with van der Waals surface area (Å²) >= 11 is 0. The van der Waals surface area contributed by atoms with Crippen LogP contribution in [0.15, 0.2) is 0 Å². The summed E-state index contributed by atoms with van der Waals surface area (Å²) in [4.78, 5) is 15.9. The molecule has 0 aliphatic heterocycles. The van der Waals surface area contributed by atoms with Crippen LogP contribution in [0.25, 0.3) is 0 Å². The molecule has 7 heteroatoms. The molecular formula is C3H8BO4PW. The Bertz CT molecular complexity index is 94.5. The van der Waals surface area contributed by atoms with Crippen LogP contribution >= 0.6 is 7.60 Å². The average Bonchev–Trinajstić information content (AvgIpc) is 1.69. The fourth-order valence-corrected chi connectivity index (χ4v) is 0.357. The zero-order chi connectivity index (χ0) is 7.91. The van der Waals surface area contributed by atoms with Gasteiger partial charge in [-0.2, -0.15) is 7.85 Å². The second-order valence-electron chi connectivity index (χ2n) is 0.998. The molecule has 0 saturated heterocycles. The fraction of sp³-hybridized carbons (Fsp3) is 0.333. The minimum Gasteiger partial charge on any atom is -0.546 e. The molecule has 0 bridgehead atoms. The Kier molecular flexibility index (Phi) is 16.9. The number of ether oxygens (including phenoxy) is 1. The van der Waals surface area contributed by atoms with E-state index in [-0.39, 0.29) is 21.1 Å². The Morgan fingerprint density at radius 2 is 1.80 bits per heavy atom. The predicted octanol–water partition coefficient (Wildman–Crippen LogP) is -0.126. The van der Waals surface area contributed by atoms with Gasteiger partial charge < -0.3 is 21.3 Å². The van der Waals surface area contributed by atoms with E-state index in [2.05, 4.69) is 26.5 Å². The summed E-state index contributed by atoms with van der Waals surface area (Å²) < 4.78 is 13.7. The molecule has 2 radical (unpaired) electrons. The summed E-state index contributed by atoms with van der Waals surface area (Å²) in [6.07, 6.45) is -0.604. The van der Waals surface area contributed by atoms with Crippen molar-refractivity contribution in [1.82, 2.24) is 0 Å². The predicted molar refractivity (Wildman–Crippen MR) is 34.5 cm³/mol. The maximum atomic E-state index is 9.76. The third-order valence-corrected chi connectivity index (χ3v) is 0.778. The molecule has 0 atom stereocenters. The molecule has 0 aliphatic rings. The molecule has 0 heterocycles. The first-order chi connectivity index (χ1) is 4.06. The van der Waals surface area contributed by atoms with E-state index >= 15 is 0 Å². The van der Waals surface area contributed by atoms with Crippen LogP contribution in [0.3, 0.4) is 0 Å². The van der Waals surface area contributed by atoms with Gasteiger partial charge in [0.05, 0.1) is 0 Å². The van der Waals surface area contributed by atoms with Gasteiger partial charge in [-0.05, 0) is 0 Å². The summed E-state index contributed by atoms with van der Waals surface area (Å²) in [6.45, 7) is 2.75. The van der Waals surface area contributed by atoms with Gasteiger partial charge in [-0.1, -0.05) is 0 Å². The first kappa shape index (κ1) is 17.1. The Morgan fingerprint density at radius 1 is 1.50 bits per heavy atom. The SMILES string of the molecule is [B][CH2-].[CH2-]OCP(=O)(O)O.[W+2]. The second kappa shape index (κ2) is 9.86. The smallest absolute Gasteiger partial charge is 0.546 e. The molecule has 0 rings (SSSR count). The van der Waals surface area contributed by atoms with Crippen molar-refractivity contribution in [3.05, 3.63) is 13.9 Å². The normalized spacial score (nSPS) is 8.80. The van der Waals surface area contributed by atoms with Crippen LogP contribution in [-0.4, -0.2) is 24.0 Å². The largest absolute Gasteiger partial charge is 2.00 e. The van der Waals surface area contributed by atoms with Gasteiger partial charge in [-0.15, -0.1) is 0 Å². The van der Waals surface area contributed by atoms with Gasteiger partial charge in [0.2, 0.25) is 0 Å². The molecule has 0 fully saturated rings. The number of rotatable bonds is 2. The van der Waals surface area contributed by atoms with E-state index in [1.54, 1.807) is 0 Å². The molecule has 0 aromatic carbocycles. The van der Waals surface area contributed by atoms with Gasteiger partial charge in [-0.25, -0.2) is 7.11 Å².